The summed E-state index contributed by atoms with van der Waals surface area (Å²) < 4.78 is 26.7. The second kappa shape index (κ2) is 5.71. The number of nitrogens with one attached hydrogen (secondary N) is 1. The van der Waals surface area contributed by atoms with Crippen molar-refractivity contribution >= 4 is 33.4 Å². The Morgan fingerprint density at radius 3 is 2.62 bits per heavy atom. The fourth-order valence-electron chi connectivity index (χ4n) is 1.63. The fourth-order valence-corrected chi connectivity index (χ4v) is 2.86. The Kier molecular flexibility index (Phi) is 4.15. The number of rotatable bonds is 4. The lowest BCUT2D eigenvalue weighted by atomic mass is 10.2. The molecule has 2 aromatic rings. The predicted octanol–water partition coefficient (Wildman–Crippen LogP) is 2.54. The number of carboxylic acid groups (broad SMARTS) is 1. The number of anilines is 1. The zero-order valence-electron chi connectivity index (χ0n) is 10.9. The summed E-state index contributed by atoms with van der Waals surface area (Å²) >= 11 is 5.71. The summed E-state index contributed by atoms with van der Waals surface area (Å²) in [5.41, 5.74) is 0.370. The van der Waals surface area contributed by atoms with E-state index < -0.39 is 16.0 Å². The lowest BCUT2D eigenvalue weighted by Gasteiger charge is -2.09. The van der Waals surface area contributed by atoms with Gasteiger partial charge in [-0.1, -0.05) is 17.7 Å². The molecular weight excluding hydrogens is 316 g/mol. The molecule has 2 N–H and O–H groups in total. The van der Waals surface area contributed by atoms with Gasteiger partial charge in [0.05, 0.1) is 15.5 Å². The average Bonchev–Trinajstić information content (AvgIpc) is 2.38. The molecule has 0 aliphatic heterocycles. The SMILES string of the molecule is Cc1cccc(NS(=O)(=O)c2ccc(Cl)c(C(=O)O)c2)n1. The molecule has 0 saturated carbocycles. The Bertz CT molecular complexity index is 806. The van der Waals surface area contributed by atoms with Gasteiger partial charge in [-0.15, -0.1) is 0 Å². The van der Waals surface area contributed by atoms with E-state index >= 15 is 0 Å². The highest BCUT2D eigenvalue weighted by Gasteiger charge is 2.19. The molecule has 0 spiro atoms. The monoisotopic (exact) mass is 326 g/mol. The first-order valence-electron chi connectivity index (χ1n) is 5.79. The van der Waals surface area contributed by atoms with Gasteiger partial charge in [0.25, 0.3) is 10.0 Å². The molecule has 1 heterocycles. The smallest absolute Gasteiger partial charge is 0.337 e. The molecule has 2 rings (SSSR count). The Morgan fingerprint density at radius 2 is 2.00 bits per heavy atom. The average molecular weight is 327 g/mol. The molecule has 6 nitrogen and oxygen atoms in total. The molecule has 0 amide bonds. The molecule has 0 radical (unpaired) electrons. The van der Waals surface area contributed by atoms with Crippen LogP contribution in [0.15, 0.2) is 41.3 Å². The van der Waals surface area contributed by atoms with Crippen molar-refractivity contribution in [2.45, 2.75) is 11.8 Å². The molecule has 0 saturated heterocycles. The third-order valence-electron chi connectivity index (χ3n) is 2.61. The number of benzene rings is 1. The van der Waals surface area contributed by atoms with Crippen LogP contribution >= 0.6 is 11.6 Å². The fraction of sp³-hybridized carbons (Fsp3) is 0.0769. The Hall–Kier alpha value is -2.12. The van der Waals surface area contributed by atoms with Crippen molar-refractivity contribution in [3.8, 4) is 0 Å². The molecule has 0 bridgehead atoms. The van der Waals surface area contributed by atoms with E-state index in [0.29, 0.717) is 5.69 Å². The van der Waals surface area contributed by atoms with E-state index in [1.165, 1.54) is 18.2 Å². The number of aromatic carboxylic acids is 1. The third kappa shape index (κ3) is 3.50. The van der Waals surface area contributed by atoms with Crippen molar-refractivity contribution in [2.75, 3.05) is 4.72 Å². The maximum atomic E-state index is 12.2. The highest BCUT2D eigenvalue weighted by molar-refractivity contribution is 7.92. The molecule has 21 heavy (non-hydrogen) atoms. The zero-order chi connectivity index (χ0) is 15.6. The van der Waals surface area contributed by atoms with Crippen LogP contribution < -0.4 is 4.72 Å². The van der Waals surface area contributed by atoms with Crippen molar-refractivity contribution in [3.05, 3.63) is 52.7 Å². The molecule has 0 atom stereocenters. The van der Waals surface area contributed by atoms with E-state index in [2.05, 4.69) is 9.71 Å². The Morgan fingerprint density at radius 1 is 1.29 bits per heavy atom. The molecule has 0 unspecified atom stereocenters. The maximum Gasteiger partial charge on any atom is 0.337 e. The number of hydrogen-bond donors (Lipinski definition) is 2. The van der Waals surface area contributed by atoms with Gasteiger partial charge in [-0.25, -0.2) is 18.2 Å². The van der Waals surface area contributed by atoms with E-state index in [4.69, 9.17) is 16.7 Å². The van der Waals surface area contributed by atoms with Crippen molar-refractivity contribution in [1.82, 2.24) is 4.98 Å². The van der Waals surface area contributed by atoms with E-state index in [1.807, 2.05) is 0 Å². The standard InChI is InChI=1S/C13H11ClN2O4S/c1-8-3-2-4-12(15-8)16-21(19,20)9-5-6-11(14)10(7-9)13(17)18/h2-7H,1H3,(H,15,16)(H,17,18). The summed E-state index contributed by atoms with van der Waals surface area (Å²) in [7, 11) is -3.94. The van der Waals surface area contributed by atoms with Crippen molar-refractivity contribution < 1.29 is 18.3 Å². The van der Waals surface area contributed by atoms with Crippen LogP contribution in [0.4, 0.5) is 5.82 Å². The van der Waals surface area contributed by atoms with Gasteiger partial charge in [0.15, 0.2) is 0 Å². The number of aromatic nitrogens is 1. The summed E-state index contributed by atoms with van der Waals surface area (Å²) in [5, 5.41) is 8.94. The molecule has 0 fully saturated rings. The summed E-state index contributed by atoms with van der Waals surface area (Å²) in [6, 6.07) is 8.34. The van der Waals surface area contributed by atoms with E-state index in [0.717, 1.165) is 6.07 Å². The number of pyridine rings is 1. The Balaban J connectivity index is 2.40. The van der Waals surface area contributed by atoms with Gasteiger partial charge in [0.2, 0.25) is 0 Å². The van der Waals surface area contributed by atoms with Crippen LogP contribution in [0.25, 0.3) is 0 Å². The first kappa shape index (κ1) is 15.3. The van der Waals surface area contributed by atoms with Crippen LogP contribution in [0, 0.1) is 6.92 Å². The maximum absolute atomic E-state index is 12.2. The van der Waals surface area contributed by atoms with Gasteiger partial charge in [0, 0.05) is 5.69 Å². The summed E-state index contributed by atoms with van der Waals surface area (Å²) in [5.74, 6) is -1.15. The quantitative estimate of drug-likeness (QED) is 0.900. The molecular formula is C13H11ClN2O4S. The molecule has 8 heteroatoms. The number of carbonyl (C=O) groups is 1. The number of hydrogen-bond acceptors (Lipinski definition) is 4. The highest BCUT2D eigenvalue weighted by Crippen LogP contribution is 2.22. The number of halogens is 1. The number of aryl methyl sites for hydroxylation is 1. The minimum atomic E-state index is -3.94. The number of carboxylic acids is 1. The van der Waals surface area contributed by atoms with E-state index in [1.54, 1.807) is 19.1 Å². The lowest BCUT2D eigenvalue weighted by molar-refractivity contribution is 0.0697. The molecule has 0 aliphatic carbocycles. The van der Waals surface area contributed by atoms with Gasteiger partial charge in [-0.3, -0.25) is 4.72 Å². The summed E-state index contributed by atoms with van der Waals surface area (Å²) in [6.07, 6.45) is 0. The van der Waals surface area contributed by atoms with Crippen LogP contribution in [0.1, 0.15) is 16.1 Å². The number of sulfonamides is 1. The largest absolute Gasteiger partial charge is 0.478 e. The normalized spacial score (nSPS) is 11.1. The zero-order valence-corrected chi connectivity index (χ0v) is 12.4. The summed E-state index contributed by atoms with van der Waals surface area (Å²) in [4.78, 5) is 14.8. The van der Waals surface area contributed by atoms with Crippen molar-refractivity contribution in [1.29, 1.82) is 0 Å². The molecule has 1 aromatic carbocycles. The number of nitrogens with zero attached hydrogens (tertiary/aromatic N) is 1. The van der Waals surface area contributed by atoms with Gasteiger partial charge >= 0.3 is 5.97 Å². The van der Waals surface area contributed by atoms with Crippen LogP contribution in [0.5, 0.6) is 0 Å². The molecule has 0 aliphatic rings. The minimum absolute atomic E-state index is 0.0323. The van der Waals surface area contributed by atoms with E-state index in [9.17, 15) is 13.2 Å². The van der Waals surface area contributed by atoms with E-state index in [-0.39, 0.29) is 21.3 Å². The van der Waals surface area contributed by atoms with Crippen molar-refractivity contribution in [3.63, 3.8) is 0 Å². The highest BCUT2D eigenvalue weighted by atomic mass is 35.5. The predicted molar refractivity (Wildman–Crippen MR) is 78.2 cm³/mol. The van der Waals surface area contributed by atoms with Gasteiger partial charge in [0.1, 0.15) is 5.82 Å². The molecule has 110 valence electrons. The Labute approximate surface area is 126 Å². The van der Waals surface area contributed by atoms with Crippen LogP contribution in [-0.4, -0.2) is 24.5 Å². The van der Waals surface area contributed by atoms with Crippen molar-refractivity contribution in [2.24, 2.45) is 0 Å². The molecule has 1 aromatic heterocycles. The van der Waals surface area contributed by atoms with Gasteiger partial charge in [-0.2, -0.15) is 0 Å². The second-order valence-electron chi connectivity index (χ2n) is 4.22. The topological polar surface area (TPSA) is 96.4 Å². The van der Waals surface area contributed by atoms with Gasteiger partial charge < -0.3 is 5.11 Å². The third-order valence-corrected chi connectivity index (χ3v) is 4.29. The summed E-state index contributed by atoms with van der Waals surface area (Å²) in [6.45, 7) is 1.72. The lowest BCUT2D eigenvalue weighted by Crippen LogP contribution is -2.15. The minimum Gasteiger partial charge on any atom is -0.478 e. The van der Waals surface area contributed by atoms with Crippen LogP contribution in [0.2, 0.25) is 5.02 Å². The second-order valence-corrected chi connectivity index (χ2v) is 6.31. The first-order valence-corrected chi connectivity index (χ1v) is 7.65. The van der Waals surface area contributed by atoms with Gasteiger partial charge in [-0.05, 0) is 37.3 Å². The van der Waals surface area contributed by atoms with Crippen LogP contribution in [-0.2, 0) is 10.0 Å². The van der Waals surface area contributed by atoms with Crippen LogP contribution in [0.3, 0.4) is 0 Å². The first-order chi connectivity index (χ1) is 9.79.